The normalized spacial score (nSPS) is 11.0. The fraction of sp³-hybridized carbons (Fsp3) is 0.368. The van der Waals surface area contributed by atoms with Gasteiger partial charge in [0, 0.05) is 12.7 Å². The second-order valence-corrected chi connectivity index (χ2v) is 7.07. The molecular formula is C19H23ClFN3O. The SMILES string of the molecule is CC(C)CNC(=O)c1cnc(Nc2cc(F)ccc2Cl)cc1C(C)C. The monoisotopic (exact) mass is 363 g/mol. The van der Waals surface area contributed by atoms with Gasteiger partial charge in [-0.25, -0.2) is 9.37 Å². The molecule has 1 aromatic heterocycles. The summed E-state index contributed by atoms with van der Waals surface area (Å²) >= 11 is 6.08. The van der Waals surface area contributed by atoms with Crippen LogP contribution < -0.4 is 10.6 Å². The van der Waals surface area contributed by atoms with Crippen molar-refractivity contribution in [1.82, 2.24) is 10.3 Å². The maximum Gasteiger partial charge on any atom is 0.253 e. The van der Waals surface area contributed by atoms with E-state index in [1.165, 1.54) is 18.2 Å². The maximum absolute atomic E-state index is 13.4. The molecule has 1 heterocycles. The molecule has 1 amide bonds. The van der Waals surface area contributed by atoms with E-state index in [9.17, 15) is 9.18 Å². The van der Waals surface area contributed by atoms with E-state index in [2.05, 4.69) is 15.6 Å². The summed E-state index contributed by atoms with van der Waals surface area (Å²) < 4.78 is 13.4. The van der Waals surface area contributed by atoms with Crippen molar-refractivity contribution in [3.05, 3.63) is 52.4 Å². The van der Waals surface area contributed by atoms with Crippen LogP contribution in [0, 0.1) is 11.7 Å². The minimum atomic E-state index is -0.388. The molecule has 0 aliphatic carbocycles. The molecule has 25 heavy (non-hydrogen) atoms. The molecule has 2 rings (SSSR count). The second kappa shape index (κ2) is 8.30. The van der Waals surface area contributed by atoms with Crippen molar-refractivity contribution in [2.24, 2.45) is 5.92 Å². The molecule has 0 bridgehead atoms. The van der Waals surface area contributed by atoms with Crippen LogP contribution in [-0.4, -0.2) is 17.4 Å². The third-order valence-electron chi connectivity index (χ3n) is 3.66. The number of carbonyl (C=O) groups excluding carboxylic acids is 1. The molecule has 0 atom stereocenters. The first-order valence-electron chi connectivity index (χ1n) is 8.28. The molecule has 0 aliphatic heterocycles. The lowest BCUT2D eigenvalue weighted by molar-refractivity contribution is 0.0947. The molecule has 0 radical (unpaired) electrons. The van der Waals surface area contributed by atoms with Crippen molar-refractivity contribution in [3.63, 3.8) is 0 Å². The zero-order valence-corrected chi connectivity index (χ0v) is 15.6. The number of carbonyl (C=O) groups is 1. The smallest absolute Gasteiger partial charge is 0.253 e. The van der Waals surface area contributed by atoms with Gasteiger partial charge in [0.2, 0.25) is 0 Å². The summed E-state index contributed by atoms with van der Waals surface area (Å²) in [4.78, 5) is 16.7. The summed E-state index contributed by atoms with van der Waals surface area (Å²) in [5.41, 5.74) is 1.85. The Hall–Kier alpha value is -2.14. The van der Waals surface area contributed by atoms with Gasteiger partial charge in [0.1, 0.15) is 11.6 Å². The number of benzene rings is 1. The number of halogens is 2. The number of hydrogen-bond donors (Lipinski definition) is 2. The lowest BCUT2D eigenvalue weighted by atomic mass is 9.98. The summed E-state index contributed by atoms with van der Waals surface area (Å²) in [6.07, 6.45) is 1.54. The van der Waals surface area contributed by atoms with Crippen LogP contribution in [0.2, 0.25) is 5.02 Å². The zero-order chi connectivity index (χ0) is 18.6. The van der Waals surface area contributed by atoms with Crippen LogP contribution in [-0.2, 0) is 0 Å². The lowest BCUT2D eigenvalue weighted by Crippen LogP contribution is -2.28. The van der Waals surface area contributed by atoms with E-state index in [0.717, 1.165) is 5.56 Å². The predicted octanol–water partition coefficient (Wildman–Crippen LogP) is 5.13. The second-order valence-electron chi connectivity index (χ2n) is 6.66. The first-order chi connectivity index (χ1) is 11.8. The van der Waals surface area contributed by atoms with E-state index in [1.807, 2.05) is 27.7 Å². The average Bonchev–Trinajstić information content (AvgIpc) is 2.55. The largest absolute Gasteiger partial charge is 0.352 e. The Bertz CT molecular complexity index is 762. The number of amides is 1. The van der Waals surface area contributed by atoms with Crippen molar-refractivity contribution < 1.29 is 9.18 Å². The van der Waals surface area contributed by atoms with Crippen LogP contribution in [0.5, 0.6) is 0 Å². The molecular weight excluding hydrogens is 341 g/mol. The molecule has 0 saturated heterocycles. The highest BCUT2D eigenvalue weighted by atomic mass is 35.5. The summed E-state index contributed by atoms with van der Waals surface area (Å²) in [7, 11) is 0. The number of nitrogens with zero attached hydrogens (tertiary/aromatic N) is 1. The van der Waals surface area contributed by atoms with Crippen molar-refractivity contribution in [1.29, 1.82) is 0 Å². The number of hydrogen-bond acceptors (Lipinski definition) is 3. The van der Waals surface area contributed by atoms with Gasteiger partial charge in [0.05, 0.1) is 16.3 Å². The quantitative estimate of drug-likeness (QED) is 0.748. The van der Waals surface area contributed by atoms with Crippen LogP contribution in [0.1, 0.15) is 49.5 Å². The molecule has 0 aliphatic rings. The Kier molecular flexibility index (Phi) is 6.37. The Labute approximate surface area is 152 Å². The number of aromatic nitrogens is 1. The highest BCUT2D eigenvalue weighted by Crippen LogP contribution is 2.28. The fourth-order valence-corrected chi connectivity index (χ4v) is 2.49. The minimum Gasteiger partial charge on any atom is -0.352 e. The minimum absolute atomic E-state index is 0.131. The first-order valence-corrected chi connectivity index (χ1v) is 8.66. The van der Waals surface area contributed by atoms with Crippen LogP contribution >= 0.6 is 11.6 Å². The standard InChI is InChI=1S/C19H23ClFN3O/c1-11(2)9-23-19(25)15-10-22-18(8-14(15)12(3)4)24-17-7-13(21)5-6-16(17)20/h5-8,10-12H,9H2,1-4H3,(H,22,24)(H,23,25). The number of anilines is 2. The van der Waals surface area contributed by atoms with E-state index in [4.69, 9.17) is 11.6 Å². The first kappa shape index (κ1) is 19.2. The van der Waals surface area contributed by atoms with E-state index in [1.54, 1.807) is 12.3 Å². The van der Waals surface area contributed by atoms with E-state index in [-0.39, 0.29) is 17.6 Å². The molecule has 0 saturated carbocycles. The van der Waals surface area contributed by atoms with Gasteiger partial charge in [-0.2, -0.15) is 0 Å². The number of rotatable bonds is 6. The van der Waals surface area contributed by atoms with Gasteiger partial charge in [0.25, 0.3) is 5.91 Å². The van der Waals surface area contributed by atoms with Gasteiger partial charge >= 0.3 is 0 Å². The molecule has 1 aromatic carbocycles. The van der Waals surface area contributed by atoms with Crippen LogP contribution in [0.25, 0.3) is 0 Å². The van der Waals surface area contributed by atoms with Crippen molar-refractivity contribution >= 4 is 29.0 Å². The van der Waals surface area contributed by atoms with Crippen molar-refractivity contribution in [3.8, 4) is 0 Å². The number of pyridine rings is 1. The van der Waals surface area contributed by atoms with Gasteiger partial charge in [-0.3, -0.25) is 4.79 Å². The van der Waals surface area contributed by atoms with Crippen LogP contribution in [0.3, 0.4) is 0 Å². The topological polar surface area (TPSA) is 54.0 Å². The summed E-state index contributed by atoms with van der Waals surface area (Å²) in [5, 5.41) is 6.32. The van der Waals surface area contributed by atoms with Crippen LogP contribution in [0.4, 0.5) is 15.9 Å². The molecule has 2 N–H and O–H groups in total. The molecule has 0 unspecified atom stereocenters. The molecule has 0 spiro atoms. The van der Waals surface area contributed by atoms with E-state index in [0.29, 0.717) is 34.6 Å². The molecule has 2 aromatic rings. The predicted molar refractivity (Wildman–Crippen MR) is 100 cm³/mol. The van der Waals surface area contributed by atoms with E-state index >= 15 is 0 Å². The van der Waals surface area contributed by atoms with Crippen molar-refractivity contribution in [2.45, 2.75) is 33.6 Å². The zero-order valence-electron chi connectivity index (χ0n) is 14.9. The molecule has 4 nitrogen and oxygen atoms in total. The average molecular weight is 364 g/mol. The third kappa shape index (κ3) is 5.16. The van der Waals surface area contributed by atoms with Gasteiger partial charge < -0.3 is 10.6 Å². The Morgan fingerprint density at radius 2 is 1.96 bits per heavy atom. The maximum atomic E-state index is 13.4. The summed E-state index contributed by atoms with van der Waals surface area (Å²) in [6.45, 7) is 8.70. The number of nitrogens with one attached hydrogen (secondary N) is 2. The lowest BCUT2D eigenvalue weighted by Gasteiger charge is -2.16. The molecule has 0 fully saturated rings. The Morgan fingerprint density at radius 1 is 1.24 bits per heavy atom. The summed E-state index contributed by atoms with van der Waals surface area (Å²) in [5.74, 6) is 0.485. The Balaban J connectivity index is 2.29. The van der Waals surface area contributed by atoms with Crippen molar-refractivity contribution in [2.75, 3.05) is 11.9 Å². The van der Waals surface area contributed by atoms with Gasteiger partial charge in [-0.15, -0.1) is 0 Å². The van der Waals surface area contributed by atoms with Gasteiger partial charge in [0.15, 0.2) is 0 Å². The van der Waals surface area contributed by atoms with Crippen LogP contribution in [0.15, 0.2) is 30.5 Å². The van der Waals surface area contributed by atoms with Gasteiger partial charge in [-0.1, -0.05) is 39.3 Å². The molecule has 134 valence electrons. The Morgan fingerprint density at radius 3 is 2.60 bits per heavy atom. The third-order valence-corrected chi connectivity index (χ3v) is 3.99. The molecule has 6 heteroatoms. The summed E-state index contributed by atoms with van der Waals surface area (Å²) in [6, 6.07) is 5.89. The fourth-order valence-electron chi connectivity index (χ4n) is 2.33. The highest BCUT2D eigenvalue weighted by Gasteiger charge is 2.16. The van der Waals surface area contributed by atoms with E-state index < -0.39 is 0 Å². The van der Waals surface area contributed by atoms with Gasteiger partial charge in [-0.05, 0) is 41.7 Å². The highest BCUT2D eigenvalue weighted by molar-refractivity contribution is 6.33.